The van der Waals surface area contributed by atoms with Gasteiger partial charge in [-0.05, 0) is 0 Å². The molecule has 14 heavy (non-hydrogen) atoms. The van der Waals surface area contributed by atoms with Crippen LogP contribution >= 0.6 is 10.7 Å². The first-order valence-electron chi connectivity index (χ1n) is 3.77. The van der Waals surface area contributed by atoms with Gasteiger partial charge in [-0.15, -0.1) is 0 Å². The molecule has 2 unspecified atom stereocenters. The van der Waals surface area contributed by atoms with Crippen molar-refractivity contribution in [2.24, 2.45) is 5.92 Å². The Labute approximate surface area is 85.6 Å². The van der Waals surface area contributed by atoms with Crippen LogP contribution < -0.4 is 0 Å². The Bertz CT molecular complexity index is 413. The fourth-order valence-electron chi connectivity index (χ4n) is 1.33. The normalized spacial score (nSPS) is 31.7. The molecule has 7 heteroatoms. The zero-order valence-corrected chi connectivity index (χ0v) is 8.83. The molecule has 2 atom stereocenters. The van der Waals surface area contributed by atoms with Crippen molar-refractivity contribution in [2.45, 2.75) is 11.8 Å². The topological polar surface area (TPSA) is 77.3 Å². The van der Waals surface area contributed by atoms with Crippen molar-refractivity contribution in [3.05, 3.63) is 34.4 Å². The lowest BCUT2D eigenvalue weighted by Gasteiger charge is -2.24. The van der Waals surface area contributed by atoms with E-state index >= 15 is 0 Å². The number of nitrogens with zero attached hydrogens (tertiary/aromatic N) is 1. The standard InChI is InChI=1S/C7H8ClNO4S/c1-6-4-2-3-5-7(6,9(10)11)14(8,12)13/h2-6H,1H3. The van der Waals surface area contributed by atoms with E-state index < -0.39 is 24.8 Å². The van der Waals surface area contributed by atoms with Crippen LogP contribution in [0.2, 0.25) is 0 Å². The number of rotatable bonds is 2. The Morgan fingerprint density at radius 1 is 1.50 bits per heavy atom. The third-order valence-electron chi connectivity index (χ3n) is 2.17. The van der Waals surface area contributed by atoms with E-state index in [1.54, 1.807) is 6.08 Å². The van der Waals surface area contributed by atoms with Crippen molar-refractivity contribution in [3.8, 4) is 0 Å². The largest absolute Gasteiger partial charge is 0.357 e. The van der Waals surface area contributed by atoms with Gasteiger partial charge in [-0.3, -0.25) is 10.1 Å². The lowest BCUT2D eigenvalue weighted by atomic mass is 9.97. The van der Waals surface area contributed by atoms with Gasteiger partial charge in [0.1, 0.15) is 0 Å². The molecule has 1 aliphatic carbocycles. The van der Waals surface area contributed by atoms with Gasteiger partial charge in [-0.1, -0.05) is 25.2 Å². The quantitative estimate of drug-likeness (QED) is 0.412. The maximum atomic E-state index is 11.2. The molecular formula is C7H8ClNO4S. The number of halogens is 1. The minimum absolute atomic E-state index is 0.787. The van der Waals surface area contributed by atoms with Crippen molar-refractivity contribution in [3.63, 3.8) is 0 Å². The summed E-state index contributed by atoms with van der Waals surface area (Å²) in [5.41, 5.74) is 0. The molecule has 0 saturated carbocycles. The Balaban J connectivity index is 3.40. The first-order valence-corrected chi connectivity index (χ1v) is 6.08. The van der Waals surface area contributed by atoms with Crippen LogP contribution in [-0.2, 0) is 9.05 Å². The number of hydrogen-bond acceptors (Lipinski definition) is 4. The van der Waals surface area contributed by atoms with E-state index in [-0.39, 0.29) is 0 Å². The fraction of sp³-hybridized carbons (Fsp3) is 0.429. The molecule has 0 N–H and O–H groups in total. The highest BCUT2D eigenvalue weighted by Crippen LogP contribution is 2.35. The average Bonchev–Trinajstić information content (AvgIpc) is 2.02. The SMILES string of the molecule is CC1C=CC=CC1([N+](=O)[O-])S(=O)(=O)Cl. The highest BCUT2D eigenvalue weighted by atomic mass is 35.7. The van der Waals surface area contributed by atoms with Crippen molar-refractivity contribution < 1.29 is 13.3 Å². The maximum absolute atomic E-state index is 11.2. The van der Waals surface area contributed by atoms with Crippen LogP contribution in [-0.4, -0.2) is 18.2 Å². The molecule has 0 saturated heterocycles. The molecule has 78 valence electrons. The molecule has 0 heterocycles. The van der Waals surface area contributed by atoms with Crippen LogP contribution in [0.15, 0.2) is 24.3 Å². The monoisotopic (exact) mass is 237 g/mol. The molecule has 5 nitrogen and oxygen atoms in total. The number of hydrogen-bond donors (Lipinski definition) is 0. The Morgan fingerprint density at radius 2 is 2.07 bits per heavy atom. The van der Waals surface area contributed by atoms with Gasteiger partial charge >= 0.3 is 13.9 Å². The second-order valence-electron chi connectivity index (χ2n) is 2.98. The maximum Gasteiger partial charge on any atom is 0.357 e. The smallest absolute Gasteiger partial charge is 0.262 e. The molecule has 0 aromatic carbocycles. The number of nitro groups is 1. The number of allylic oxidation sites excluding steroid dienone is 2. The van der Waals surface area contributed by atoms with E-state index in [1.807, 2.05) is 0 Å². The molecule has 0 aromatic heterocycles. The summed E-state index contributed by atoms with van der Waals surface area (Å²) in [5, 5.41) is 10.8. The average molecular weight is 238 g/mol. The Morgan fingerprint density at radius 3 is 2.36 bits per heavy atom. The first kappa shape index (κ1) is 11.2. The summed E-state index contributed by atoms with van der Waals surface area (Å²) in [6, 6.07) is 0. The molecule has 0 aliphatic heterocycles. The van der Waals surface area contributed by atoms with Gasteiger partial charge in [-0.25, -0.2) is 8.42 Å². The highest BCUT2D eigenvalue weighted by Gasteiger charge is 2.57. The molecule has 1 rings (SSSR count). The van der Waals surface area contributed by atoms with E-state index in [0.717, 1.165) is 6.08 Å². The van der Waals surface area contributed by atoms with Crippen LogP contribution in [0.25, 0.3) is 0 Å². The van der Waals surface area contributed by atoms with Gasteiger partial charge in [0.25, 0.3) is 0 Å². The second-order valence-corrected chi connectivity index (χ2v) is 5.73. The first-order chi connectivity index (χ1) is 6.32. The molecule has 0 spiro atoms. The van der Waals surface area contributed by atoms with E-state index in [9.17, 15) is 18.5 Å². The summed E-state index contributed by atoms with van der Waals surface area (Å²) in [4.78, 5) is 7.68. The molecule has 0 aromatic rings. The summed E-state index contributed by atoms with van der Waals surface area (Å²) in [6.07, 6.45) is 5.29. The fourth-order valence-corrected chi connectivity index (χ4v) is 3.02. The van der Waals surface area contributed by atoms with Gasteiger partial charge in [0.2, 0.25) is 0 Å². The van der Waals surface area contributed by atoms with Crippen molar-refractivity contribution in [1.82, 2.24) is 0 Å². The molecule has 1 aliphatic rings. The van der Waals surface area contributed by atoms with Crippen LogP contribution in [0.1, 0.15) is 6.92 Å². The van der Waals surface area contributed by atoms with Crippen LogP contribution in [0.5, 0.6) is 0 Å². The summed E-state index contributed by atoms with van der Waals surface area (Å²) in [6.45, 7) is 1.43. The summed E-state index contributed by atoms with van der Waals surface area (Å²) < 4.78 is 22.4. The summed E-state index contributed by atoms with van der Waals surface area (Å²) >= 11 is 0. The zero-order chi connectivity index (χ0) is 11.0. The van der Waals surface area contributed by atoms with Crippen molar-refractivity contribution in [1.29, 1.82) is 0 Å². The summed E-state index contributed by atoms with van der Waals surface area (Å²) in [5.74, 6) is -0.787. The van der Waals surface area contributed by atoms with E-state index in [4.69, 9.17) is 10.7 Å². The van der Waals surface area contributed by atoms with Gasteiger partial charge in [0.15, 0.2) is 0 Å². The Hall–Kier alpha value is -0.880. The second kappa shape index (κ2) is 3.36. The molecule has 0 fully saturated rings. The lowest BCUT2D eigenvalue weighted by molar-refractivity contribution is -0.533. The predicted octanol–water partition coefficient (Wildman–Crippen LogP) is 1.29. The van der Waals surface area contributed by atoms with Crippen molar-refractivity contribution in [2.75, 3.05) is 0 Å². The van der Waals surface area contributed by atoms with E-state index in [2.05, 4.69) is 0 Å². The van der Waals surface area contributed by atoms with Gasteiger partial charge in [0, 0.05) is 21.7 Å². The van der Waals surface area contributed by atoms with Crippen LogP contribution in [0.4, 0.5) is 0 Å². The minimum atomic E-state index is -4.30. The molecule has 0 bridgehead atoms. The summed E-state index contributed by atoms with van der Waals surface area (Å²) in [7, 11) is 0.803. The zero-order valence-electron chi connectivity index (χ0n) is 7.25. The van der Waals surface area contributed by atoms with Crippen molar-refractivity contribution >= 4 is 19.7 Å². The predicted molar refractivity (Wildman–Crippen MR) is 51.9 cm³/mol. The molecule has 0 amide bonds. The van der Waals surface area contributed by atoms with Gasteiger partial charge < -0.3 is 0 Å². The van der Waals surface area contributed by atoms with Gasteiger partial charge in [0.05, 0.1) is 5.92 Å². The van der Waals surface area contributed by atoms with E-state index in [1.165, 1.54) is 19.1 Å². The van der Waals surface area contributed by atoms with Gasteiger partial charge in [-0.2, -0.15) is 0 Å². The molecular weight excluding hydrogens is 230 g/mol. The highest BCUT2D eigenvalue weighted by molar-refractivity contribution is 8.14. The van der Waals surface area contributed by atoms with E-state index in [0.29, 0.717) is 0 Å². The molecule has 0 radical (unpaired) electrons. The lowest BCUT2D eigenvalue weighted by Crippen LogP contribution is -2.47. The third-order valence-corrected chi connectivity index (χ3v) is 4.35. The minimum Gasteiger partial charge on any atom is -0.262 e. The van der Waals surface area contributed by atoms with Crippen LogP contribution in [0.3, 0.4) is 0 Å². The third kappa shape index (κ3) is 1.44. The van der Waals surface area contributed by atoms with Crippen LogP contribution in [0, 0.1) is 16.0 Å². The Kier molecular flexibility index (Phi) is 2.69.